The molecule has 0 saturated carbocycles. The lowest BCUT2D eigenvalue weighted by molar-refractivity contribution is -0.135. The van der Waals surface area contributed by atoms with Crippen molar-refractivity contribution in [2.45, 2.75) is 0 Å². The number of para-hydroxylation sites is 1. The number of primary amides is 1. The Morgan fingerprint density at radius 3 is 2.00 bits per heavy atom. The van der Waals surface area contributed by atoms with Gasteiger partial charge in [0.2, 0.25) is 0 Å². The summed E-state index contributed by atoms with van der Waals surface area (Å²) in [5, 5.41) is 3.90. The highest BCUT2D eigenvalue weighted by Crippen LogP contribution is 2.19. The van der Waals surface area contributed by atoms with Gasteiger partial charge in [0.05, 0.1) is 5.69 Å². The molecule has 0 aliphatic carbocycles. The highest BCUT2D eigenvalue weighted by atomic mass is 16.2. The number of nitrogens with one attached hydrogen (secondary N) is 1. The maximum Gasteiger partial charge on any atom is 0.330 e. The monoisotopic (exact) mass is 270 g/mol. The van der Waals surface area contributed by atoms with E-state index in [1.807, 2.05) is 30.3 Å². The van der Waals surface area contributed by atoms with Crippen molar-refractivity contribution in [3.05, 3.63) is 54.6 Å². The zero-order chi connectivity index (χ0) is 14.5. The molecule has 0 atom stereocenters. The van der Waals surface area contributed by atoms with Crippen molar-refractivity contribution < 1.29 is 9.59 Å². The van der Waals surface area contributed by atoms with Gasteiger partial charge in [0, 0.05) is 11.4 Å². The van der Waals surface area contributed by atoms with Crippen molar-refractivity contribution in [2.24, 2.45) is 11.6 Å². The van der Waals surface area contributed by atoms with E-state index in [4.69, 9.17) is 11.6 Å². The molecule has 0 saturated heterocycles. The number of carbonyl (C=O) groups excluding carboxylic acids is 2. The topological polar surface area (TPSA) is 101 Å². The summed E-state index contributed by atoms with van der Waals surface area (Å²) in [6.07, 6.45) is 0. The molecule has 0 fully saturated rings. The zero-order valence-electron chi connectivity index (χ0n) is 10.6. The quantitative estimate of drug-likeness (QED) is 0.336. The standard InChI is InChI=1S/C14H14N4O2/c15-13(19)14(20)18(16)12-8-6-11(7-9-12)17-10-4-2-1-3-5-10/h1-9,17H,16H2,(H2,15,19). The lowest BCUT2D eigenvalue weighted by Crippen LogP contribution is -2.45. The minimum atomic E-state index is -1.10. The molecule has 2 amide bonds. The summed E-state index contributed by atoms with van der Waals surface area (Å²) >= 11 is 0. The van der Waals surface area contributed by atoms with Gasteiger partial charge >= 0.3 is 11.8 Å². The molecule has 0 unspecified atom stereocenters. The SMILES string of the molecule is NC(=O)C(=O)N(N)c1ccc(Nc2ccccc2)cc1. The Labute approximate surface area is 116 Å². The van der Waals surface area contributed by atoms with E-state index in [0.29, 0.717) is 10.7 Å². The van der Waals surface area contributed by atoms with Crippen LogP contribution in [-0.2, 0) is 9.59 Å². The van der Waals surface area contributed by atoms with E-state index in [0.717, 1.165) is 11.4 Å². The van der Waals surface area contributed by atoms with Crippen LogP contribution in [0, 0.1) is 0 Å². The van der Waals surface area contributed by atoms with Gasteiger partial charge in [-0.15, -0.1) is 0 Å². The number of hydrogen-bond donors (Lipinski definition) is 3. The van der Waals surface area contributed by atoms with E-state index in [-0.39, 0.29) is 0 Å². The van der Waals surface area contributed by atoms with Gasteiger partial charge in [-0.05, 0) is 36.4 Å². The molecule has 0 aromatic heterocycles. The van der Waals surface area contributed by atoms with Crippen LogP contribution in [0.5, 0.6) is 0 Å². The Bertz CT molecular complexity index is 611. The summed E-state index contributed by atoms with van der Waals surface area (Å²) in [5.41, 5.74) is 7.04. The molecule has 2 rings (SSSR count). The molecular weight excluding hydrogens is 256 g/mol. The van der Waals surface area contributed by atoms with Crippen molar-refractivity contribution in [1.82, 2.24) is 0 Å². The second-order valence-corrected chi connectivity index (χ2v) is 4.08. The van der Waals surface area contributed by atoms with E-state index in [1.165, 1.54) is 0 Å². The summed E-state index contributed by atoms with van der Waals surface area (Å²) in [6.45, 7) is 0. The number of hydrazine groups is 1. The number of nitrogens with two attached hydrogens (primary N) is 2. The summed E-state index contributed by atoms with van der Waals surface area (Å²) in [7, 11) is 0. The van der Waals surface area contributed by atoms with Gasteiger partial charge in [-0.25, -0.2) is 10.9 Å². The summed E-state index contributed by atoms with van der Waals surface area (Å²) < 4.78 is 0. The molecule has 0 spiro atoms. The Hall–Kier alpha value is -2.86. The Kier molecular flexibility index (Phi) is 3.97. The highest BCUT2D eigenvalue weighted by molar-refractivity contribution is 6.39. The normalized spacial score (nSPS) is 9.85. The lowest BCUT2D eigenvalue weighted by atomic mass is 10.2. The van der Waals surface area contributed by atoms with Crippen LogP contribution in [0.2, 0.25) is 0 Å². The van der Waals surface area contributed by atoms with Crippen molar-refractivity contribution in [2.75, 3.05) is 10.3 Å². The summed E-state index contributed by atoms with van der Waals surface area (Å²) in [6, 6.07) is 16.4. The zero-order valence-corrected chi connectivity index (χ0v) is 10.6. The molecule has 2 aromatic rings. The molecule has 0 aliphatic rings. The van der Waals surface area contributed by atoms with Crippen LogP contribution in [0.1, 0.15) is 0 Å². The number of rotatable bonds is 3. The first-order chi connectivity index (χ1) is 9.58. The van der Waals surface area contributed by atoms with Crippen molar-refractivity contribution >= 4 is 28.9 Å². The third-order valence-corrected chi connectivity index (χ3v) is 2.64. The fraction of sp³-hybridized carbons (Fsp3) is 0. The molecule has 20 heavy (non-hydrogen) atoms. The highest BCUT2D eigenvalue weighted by Gasteiger charge is 2.17. The number of carbonyl (C=O) groups is 2. The smallest absolute Gasteiger partial charge is 0.330 e. The Balaban J connectivity index is 2.10. The molecule has 0 bridgehead atoms. The summed E-state index contributed by atoms with van der Waals surface area (Å²) in [5.74, 6) is 3.44. The maximum atomic E-state index is 11.3. The number of amides is 2. The Morgan fingerprint density at radius 1 is 0.900 bits per heavy atom. The van der Waals surface area contributed by atoms with Crippen molar-refractivity contribution in [3.63, 3.8) is 0 Å². The molecule has 0 heterocycles. The number of hydrogen-bond acceptors (Lipinski definition) is 4. The molecule has 102 valence electrons. The minimum absolute atomic E-state index is 0.382. The van der Waals surface area contributed by atoms with Crippen LogP contribution in [0.25, 0.3) is 0 Å². The van der Waals surface area contributed by atoms with Crippen molar-refractivity contribution in [3.8, 4) is 0 Å². The average molecular weight is 270 g/mol. The van der Waals surface area contributed by atoms with E-state index >= 15 is 0 Å². The van der Waals surface area contributed by atoms with Crippen molar-refractivity contribution in [1.29, 1.82) is 0 Å². The molecule has 6 heteroatoms. The van der Waals surface area contributed by atoms with Crippen LogP contribution in [0.15, 0.2) is 54.6 Å². The molecule has 5 N–H and O–H groups in total. The predicted molar refractivity (Wildman–Crippen MR) is 77.0 cm³/mol. The van der Waals surface area contributed by atoms with E-state index in [1.54, 1.807) is 24.3 Å². The van der Waals surface area contributed by atoms with Gasteiger partial charge < -0.3 is 11.1 Å². The van der Waals surface area contributed by atoms with Gasteiger partial charge in [-0.2, -0.15) is 0 Å². The molecule has 6 nitrogen and oxygen atoms in total. The van der Waals surface area contributed by atoms with Crippen LogP contribution in [0.4, 0.5) is 17.1 Å². The first kappa shape index (κ1) is 13.6. The van der Waals surface area contributed by atoms with E-state index in [2.05, 4.69) is 5.32 Å². The van der Waals surface area contributed by atoms with Crippen LogP contribution in [-0.4, -0.2) is 11.8 Å². The second kappa shape index (κ2) is 5.85. The van der Waals surface area contributed by atoms with Gasteiger partial charge in [0.15, 0.2) is 0 Å². The predicted octanol–water partition coefficient (Wildman–Crippen LogP) is 1.12. The van der Waals surface area contributed by atoms with Crippen LogP contribution in [0.3, 0.4) is 0 Å². The summed E-state index contributed by atoms with van der Waals surface area (Å²) in [4.78, 5) is 22.1. The van der Waals surface area contributed by atoms with E-state index in [9.17, 15) is 9.59 Å². The van der Waals surface area contributed by atoms with Gasteiger partial charge in [0.1, 0.15) is 0 Å². The van der Waals surface area contributed by atoms with Gasteiger partial charge in [-0.3, -0.25) is 9.59 Å². The molecule has 0 aliphatic heterocycles. The molecule has 0 radical (unpaired) electrons. The second-order valence-electron chi connectivity index (χ2n) is 4.08. The molecule has 2 aromatic carbocycles. The van der Waals surface area contributed by atoms with Crippen LogP contribution < -0.4 is 21.9 Å². The van der Waals surface area contributed by atoms with Gasteiger partial charge in [-0.1, -0.05) is 18.2 Å². The first-order valence-corrected chi connectivity index (χ1v) is 5.88. The lowest BCUT2D eigenvalue weighted by Gasteiger charge is -2.15. The number of anilines is 3. The van der Waals surface area contributed by atoms with Crippen LogP contribution >= 0.6 is 0 Å². The number of benzene rings is 2. The van der Waals surface area contributed by atoms with Gasteiger partial charge in [0.25, 0.3) is 0 Å². The third-order valence-electron chi connectivity index (χ3n) is 2.64. The maximum absolute atomic E-state index is 11.3. The first-order valence-electron chi connectivity index (χ1n) is 5.88. The fourth-order valence-corrected chi connectivity index (χ4v) is 1.63. The third kappa shape index (κ3) is 3.12. The van der Waals surface area contributed by atoms with E-state index < -0.39 is 11.8 Å². The Morgan fingerprint density at radius 2 is 1.45 bits per heavy atom. The minimum Gasteiger partial charge on any atom is -0.361 e. The number of nitrogens with zero attached hydrogens (tertiary/aromatic N) is 1. The fourth-order valence-electron chi connectivity index (χ4n) is 1.63. The molecular formula is C14H14N4O2. The average Bonchev–Trinajstić information content (AvgIpc) is 2.47. The largest absolute Gasteiger partial charge is 0.361 e.